The van der Waals surface area contributed by atoms with Gasteiger partial charge < -0.3 is 4.74 Å². The highest BCUT2D eigenvalue weighted by Gasteiger charge is 2.30. The highest BCUT2D eigenvalue weighted by Crippen LogP contribution is 2.42. The Morgan fingerprint density at radius 1 is 1.18 bits per heavy atom. The molecule has 0 amide bonds. The van der Waals surface area contributed by atoms with Crippen LogP contribution in [0.5, 0.6) is 5.75 Å². The molecule has 0 spiro atoms. The number of thiophene rings is 1. The minimum absolute atomic E-state index is 0.539. The molecule has 4 aromatic rings. The van der Waals surface area contributed by atoms with Gasteiger partial charge in [0.25, 0.3) is 0 Å². The highest BCUT2D eigenvalue weighted by molar-refractivity contribution is 7.98. The molecule has 0 aliphatic heterocycles. The Balaban J connectivity index is 1.34. The molecule has 8 heteroatoms. The number of rotatable bonds is 7. The lowest BCUT2D eigenvalue weighted by Crippen LogP contribution is -1.99. The molecule has 3 heterocycles. The normalized spacial score (nSPS) is 13.8. The van der Waals surface area contributed by atoms with E-state index in [1.165, 1.54) is 17.7 Å². The van der Waals surface area contributed by atoms with Crippen LogP contribution in [0, 0.1) is 0 Å². The summed E-state index contributed by atoms with van der Waals surface area (Å²) in [5, 5.41) is 15.2. The van der Waals surface area contributed by atoms with Crippen molar-refractivity contribution in [2.45, 2.75) is 29.8 Å². The van der Waals surface area contributed by atoms with Crippen LogP contribution >= 0.6 is 34.4 Å². The number of ether oxygens (including phenoxy) is 1. The first-order valence-corrected chi connectivity index (χ1v) is 11.8. The van der Waals surface area contributed by atoms with Crippen LogP contribution in [0.4, 0.5) is 0 Å². The van der Waals surface area contributed by atoms with Crippen molar-refractivity contribution in [3.8, 4) is 27.0 Å². The van der Waals surface area contributed by atoms with Crippen LogP contribution in [0.2, 0.25) is 0 Å². The van der Waals surface area contributed by atoms with Crippen LogP contribution in [0.25, 0.3) is 21.3 Å². The first-order valence-electron chi connectivity index (χ1n) is 9.02. The van der Waals surface area contributed by atoms with Crippen LogP contribution in [-0.4, -0.2) is 26.9 Å². The van der Waals surface area contributed by atoms with Gasteiger partial charge in [0.2, 0.25) is 0 Å². The van der Waals surface area contributed by atoms with Crippen molar-refractivity contribution in [1.82, 2.24) is 19.7 Å². The van der Waals surface area contributed by atoms with Crippen LogP contribution in [0.15, 0.2) is 52.3 Å². The predicted molar refractivity (Wildman–Crippen MR) is 115 cm³/mol. The maximum atomic E-state index is 5.32. The topological polar surface area (TPSA) is 52.8 Å². The van der Waals surface area contributed by atoms with Crippen LogP contribution in [-0.2, 0) is 5.75 Å². The zero-order chi connectivity index (χ0) is 18.9. The number of thioether (sulfide) groups is 1. The maximum absolute atomic E-state index is 5.32. The van der Waals surface area contributed by atoms with Gasteiger partial charge in [-0.3, -0.25) is 4.57 Å². The van der Waals surface area contributed by atoms with Gasteiger partial charge >= 0.3 is 0 Å². The van der Waals surface area contributed by atoms with Crippen LogP contribution in [0.1, 0.15) is 24.6 Å². The van der Waals surface area contributed by atoms with Gasteiger partial charge in [0.05, 0.1) is 17.7 Å². The minimum Gasteiger partial charge on any atom is -0.497 e. The molecule has 28 heavy (non-hydrogen) atoms. The average Bonchev–Trinajstić information content (AvgIpc) is 3.16. The summed E-state index contributed by atoms with van der Waals surface area (Å²) >= 11 is 5.09. The summed E-state index contributed by atoms with van der Waals surface area (Å²) in [7, 11) is 1.68. The van der Waals surface area contributed by atoms with Crippen molar-refractivity contribution in [3.05, 3.63) is 52.9 Å². The molecule has 1 fully saturated rings. The lowest BCUT2D eigenvalue weighted by molar-refractivity contribution is 0.415. The minimum atomic E-state index is 0.539. The van der Waals surface area contributed by atoms with E-state index in [1.54, 1.807) is 41.5 Å². The third-order valence-electron chi connectivity index (χ3n) is 4.54. The number of hydrogen-bond donors (Lipinski definition) is 0. The van der Waals surface area contributed by atoms with Gasteiger partial charge in [0, 0.05) is 22.7 Å². The van der Waals surface area contributed by atoms with E-state index in [-0.39, 0.29) is 0 Å². The molecule has 0 N–H and O–H groups in total. The second-order valence-corrected chi connectivity index (χ2v) is 9.30. The predicted octanol–water partition coefficient (Wildman–Crippen LogP) is 5.77. The molecule has 142 valence electrons. The molecule has 1 aliphatic carbocycles. The number of aromatic nitrogens is 4. The molecular weight excluding hydrogens is 408 g/mol. The molecule has 0 radical (unpaired) electrons. The molecule has 5 rings (SSSR count). The van der Waals surface area contributed by atoms with Crippen molar-refractivity contribution >= 4 is 34.4 Å². The molecular formula is C20H18N4OS3. The van der Waals surface area contributed by atoms with E-state index < -0.39 is 0 Å². The summed E-state index contributed by atoms with van der Waals surface area (Å²) < 4.78 is 7.63. The zero-order valence-corrected chi connectivity index (χ0v) is 17.7. The Bertz CT molecular complexity index is 1080. The van der Waals surface area contributed by atoms with Gasteiger partial charge in [0.15, 0.2) is 11.0 Å². The summed E-state index contributed by atoms with van der Waals surface area (Å²) in [6.07, 6.45) is 2.42. The lowest BCUT2D eigenvalue weighted by Gasteiger charge is -2.07. The zero-order valence-electron chi connectivity index (χ0n) is 15.2. The van der Waals surface area contributed by atoms with Gasteiger partial charge in [-0.2, -0.15) is 0 Å². The molecule has 1 saturated carbocycles. The summed E-state index contributed by atoms with van der Waals surface area (Å²) in [6, 6.07) is 12.7. The second-order valence-electron chi connectivity index (χ2n) is 6.55. The summed E-state index contributed by atoms with van der Waals surface area (Å²) in [6.45, 7) is 0. The second kappa shape index (κ2) is 7.69. The lowest BCUT2D eigenvalue weighted by atomic mass is 10.2. The smallest absolute Gasteiger partial charge is 0.192 e. The van der Waals surface area contributed by atoms with Crippen LogP contribution in [0.3, 0.4) is 0 Å². The Kier molecular flexibility index (Phi) is 4.92. The number of hydrogen-bond acceptors (Lipinski definition) is 7. The van der Waals surface area contributed by atoms with Crippen molar-refractivity contribution in [1.29, 1.82) is 0 Å². The monoisotopic (exact) mass is 426 g/mol. The standard InChI is InChI=1S/C20H18N4OS3/c1-25-16-5-2-4-13(10-16)19-21-14(11-27-19)12-28-20-23-22-18(17-6-3-9-26-17)24(20)15-7-8-15/h2-6,9-11,15H,7-8,12H2,1H3. The fraction of sp³-hybridized carbons (Fsp3) is 0.250. The summed E-state index contributed by atoms with van der Waals surface area (Å²) in [5.41, 5.74) is 2.15. The molecule has 0 unspecified atom stereocenters. The Morgan fingerprint density at radius 2 is 2.11 bits per heavy atom. The van der Waals surface area contributed by atoms with Crippen molar-refractivity contribution in [3.63, 3.8) is 0 Å². The molecule has 5 nitrogen and oxygen atoms in total. The highest BCUT2D eigenvalue weighted by atomic mass is 32.2. The molecule has 1 aromatic carbocycles. The Morgan fingerprint density at radius 3 is 2.89 bits per heavy atom. The molecule has 1 aliphatic rings. The largest absolute Gasteiger partial charge is 0.497 e. The van der Waals surface area contributed by atoms with Gasteiger partial charge in [-0.05, 0) is 36.4 Å². The fourth-order valence-electron chi connectivity index (χ4n) is 3.01. The van der Waals surface area contributed by atoms with Crippen molar-refractivity contribution in [2.24, 2.45) is 0 Å². The third-order valence-corrected chi connectivity index (χ3v) is 7.32. The molecule has 0 saturated heterocycles. The fourth-order valence-corrected chi connectivity index (χ4v) is 5.54. The van der Waals surface area contributed by atoms with E-state index in [4.69, 9.17) is 9.72 Å². The molecule has 0 atom stereocenters. The quantitative estimate of drug-likeness (QED) is 0.351. The average molecular weight is 427 g/mol. The molecule has 3 aromatic heterocycles. The number of thiazole rings is 1. The number of nitrogens with zero attached hydrogens (tertiary/aromatic N) is 4. The first kappa shape index (κ1) is 17.9. The SMILES string of the molecule is COc1cccc(-c2nc(CSc3nnc(-c4cccs4)n3C3CC3)cs2)c1. The summed E-state index contributed by atoms with van der Waals surface area (Å²) in [4.78, 5) is 5.99. The van der Waals surface area contributed by atoms with E-state index in [0.717, 1.165) is 38.7 Å². The Hall–Kier alpha value is -2.16. The Labute approximate surface area is 175 Å². The van der Waals surface area contributed by atoms with Crippen LogP contribution < -0.4 is 4.74 Å². The van der Waals surface area contributed by atoms with Gasteiger partial charge in [-0.1, -0.05) is 30.0 Å². The van der Waals surface area contributed by atoms with E-state index in [1.807, 2.05) is 18.2 Å². The first-order chi connectivity index (χ1) is 13.8. The van der Waals surface area contributed by atoms with Gasteiger partial charge in [-0.25, -0.2) is 4.98 Å². The number of methoxy groups -OCH3 is 1. The maximum Gasteiger partial charge on any atom is 0.192 e. The van der Waals surface area contributed by atoms with E-state index in [2.05, 4.69) is 43.7 Å². The molecule has 0 bridgehead atoms. The van der Waals surface area contributed by atoms with Crippen molar-refractivity contribution < 1.29 is 4.74 Å². The van der Waals surface area contributed by atoms with E-state index >= 15 is 0 Å². The van der Waals surface area contributed by atoms with Gasteiger partial charge in [0.1, 0.15) is 10.8 Å². The van der Waals surface area contributed by atoms with Gasteiger partial charge in [-0.15, -0.1) is 32.9 Å². The van der Waals surface area contributed by atoms with Crippen molar-refractivity contribution in [2.75, 3.05) is 7.11 Å². The van der Waals surface area contributed by atoms with E-state index in [9.17, 15) is 0 Å². The number of benzene rings is 1. The van der Waals surface area contributed by atoms with E-state index in [0.29, 0.717) is 6.04 Å². The third kappa shape index (κ3) is 3.59. The summed E-state index contributed by atoms with van der Waals surface area (Å²) in [5.74, 6) is 2.63.